The summed E-state index contributed by atoms with van der Waals surface area (Å²) in [4.78, 5) is 16.0. The van der Waals surface area contributed by atoms with Crippen LogP contribution in [0.2, 0.25) is 0 Å². The molecule has 0 spiro atoms. The molecule has 1 aliphatic carbocycles. The van der Waals surface area contributed by atoms with Gasteiger partial charge in [0.2, 0.25) is 0 Å². The molecule has 0 radical (unpaired) electrons. The summed E-state index contributed by atoms with van der Waals surface area (Å²) in [6.07, 6.45) is 10.8. The van der Waals surface area contributed by atoms with Crippen molar-refractivity contribution in [2.75, 3.05) is 5.32 Å². The van der Waals surface area contributed by atoms with Crippen LogP contribution < -0.4 is 5.32 Å². The maximum absolute atomic E-state index is 11.7. The molecule has 1 aliphatic rings. The zero-order valence-electron chi connectivity index (χ0n) is 19.2. The monoisotopic (exact) mass is 444 g/mol. The van der Waals surface area contributed by atoms with Crippen LogP contribution in [0.4, 0.5) is 11.5 Å². The largest absolute Gasteiger partial charge is 0.478 e. The Morgan fingerprint density at radius 3 is 2.64 bits per heavy atom. The lowest BCUT2D eigenvalue weighted by molar-refractivity contribution is 0.0372. The zero-order chi connectivity index (χ0) is 23.5. The number of benzene rings is 1. The smallest absolute Gasteiger partial charge is 0.337 e. The molecule has 2 heterocycles. The van der Waals surface area contributed by atoms with Crippen molar-refractivity contribution in [1.29, 1.82) is 0 Å². The van der Waals surface area contributed by atoms with Gasteiger partial charge in [0.05, 0.1) is 34.8 Å². The van der Waals surface area contributed by atoms with E-state index in [1.54, 1.807) is 36.7 Å². The van der Waals surface area contributed by atoms with Gasteiger partial charge >= 0.3 is 5.97 Å². The minimum atomic E-state index is -0.993. The van der Waals surface area contributed by atoms with Crippen molar-refractivity contribution < 1.29 is 14.6 Å². The SMILES string of the molecule is Cc1cncc(C)c1-n1nc(C2=CC(OC(C)C)CC=C2)cc1Nc1ccccc1C(=O)O. The molecule has 1 unspecified atom stereocenters. The molecule has 7 nitrogen and oxygen atoms in total. The molecular weight excluding hydrogens is 416 g/mol. The van der Waals surface area contributed by atoms with Gasteiger partial charge in [-0.05, 0) is 63.5 Å². The van der Waals surface area contributed by atoms with E-state index >= 15 is 0 Å². The first kappa shape index (κ1) is 22.5. The molecule has 7 heteroatoms. The molecule has 4 rings (SSSR count). The molecule has 3 aromatic rings. The maximum Gasteiger partial charge on any atom is 0.337 e. The number of anilines is 2. The highest BCUT2D eigenvalue weighted by atomic mass is 16.5. The number of ether oxygens (including phenoxy) is 1. The number of allylic oxidation sites excluding steroid dienone is 2. The fraction of sp³-hybridized carbons (Fsp3) is 0.269. The Labute approximate surface area is 193 Å². The third-order valence-electron chi connectivity index (χ3n) is 5.40. The average molecular weight is 445 g/mol. The van der Waals surface area contributed by atoms with Crippen LogP contribution in [0.25, 0.3) is 11.3 Å². The molecule has 0 saturated heterocycles. The summed E-state index contributed by atoms with van der Waals surface area (Å²) >= 11 is 0. The molecule has 0 amide bonds. The third kappa shape index (κ3) is 4.88. The van der Waals surface area contributed by atoms with Crippen molar-refractivity contribution in [3.63, 3.8) is 0 Å². The number of aromatic carboxylic acids is 1. The molecule has 0 aliphatic heterocycles. The predicted molar refractivity (Wildman–Crippen MR) is 129 cm³/mol. The number of carboxylic acid groups (broad SMARTS) is 1. The number of aryl methyl sites for hydroxylation is 2. The van der Waals surface area contributed by atoms with Crippen molar-refractivity contribution in [1.82, 2.24) is 14.8 Å². The Morgan fingerprint density at radius 1 is 1.21 bits per heavy atom. The lowest BCUT2D eigenvalue weighted by Gasteiger charge is -2.19. The van der Waals surface area contributed by atoms with Gasteiger partial charge < -0.3 is 15.2 Å². The molecular formula is C26H28N4O3. The maximum atomic E-state index is 11.7. The highest BCUT2D eigenvalue weighted by Crippen LogP contribution is 2.31. The summed E-state index contributed by atoms with van der Waals surface area (Å²) in [7, 11) is 0. The normalized spacial score (nSPS) is 15.5. The van der Waals surface area contributed by atoms with Gasteiger partial charge in [-0.15, -0.1) is 0 Å². The lowest BCUT2D eigenvalue weighted by atomic mass is 10.0. The fourth-order valence-corrected chi connectivity index (χ4v) is 3.99. The number of nitrogens with zero attached hydrogens (tertiary/aromatic N) is 3. The molecule has 0 fully saturated rings. The summed E-state index contributed by atoms with van der Waals surface area (Å²) in [6, 6.07) is 8.78. The Hall–Kier alpha value is -3.71. The minimum Gasteiger partial charge on any atom is -0.478 e. The minimum absolute atomic E-state index is 0.0105. The molecule has 0 saturated carbocycles. The van der Waals surface area contributed by atoms with E-state index in [4.69, 9.17) is 9.84 Å². The Bertz CT molecular complexity index is 1220. The van der Waals surface area contributed by atoms with Crippen LogP contribution in [-0.4, -0.2) is 38.0 Å². The van der Waals surface area contributed by atoms with Gasteiger partial charge in [-0.3, -0.25) is 4.98 Å². The first-order valence-electron chi connectivity index (χ1n) is 11.0. The molecule has 2 N–H and O–H groups in total. The summed E-state index contributed by atoms with van der Waals surface area (Å²) in [5, 5.41) is 17.8. The van der Waals surface area contributed by atoms with Crippen molar-refractivity contribution >= 4 is 23.0 Å². The van der Waals surface area contributed by atoms with Gasteiger partial charge in [0, 0.05) is 24.0 Å². The van der Waals surface area contributed by atoms with Gasteiger partial charge in [0.15, 0.2) is 0 Å². The van der Waals surface area contributed by atoms with Gasteiger partial charge in [-0.1, -0.05) is 24.3 Å². The molecule has 1 atom stereocenters. The Kier molecular flexibility index (Phi) is 6.42. The second kappa shape index (κ2) is 9.42. The van der Waals surface area contributed by atoms with E-state index in [1.165, 1.54) is 0 Å². The van der Waals surface area contributed by atoms with E-state index in [0.717, 1.165) is 34.5 Å². The number of aromatic nitrogens is 3. The van der Waals surface area contributed by atoms with Crippen LogP contribution >= 0.6 is 0 Å². The van der Waals surface area contributed by atoms with Gasteiger partial charge in [0.25, 0.3) is 0 Å². The number of carbonyl (C=O) groups is 1. The van der Waals surface area contributed by atoms with Crippen molar-refractivity contribution in [3.8, 4) is 5.69 Å². The molecule has 33 heavy (non-hydrogen) atoms. The van der Waals surface area contributed by atoms with Gasteiger partial charge in [-0.25, -0.2) is 9.48 Å². The second-order valence-electron chi connectivity index (χ2n) is 8.41. The lowest BCUT2D eigenvalue weighted by Crippen LogP contribution is -2.16. The van der Waals surface area contributed by atoms with Crippen molar-refractivity contribution in [2.24, 2.45) is 0 Å². The van der Waals surface area contributed by atoms with Crippen LogP contribution in [0, 0.1) is 13.8 Å². The molecule has 2 aromatic heterocycles. The molecule has 0 bridgehead atoms. The summed E-state index contributed by atoms with van der Waals surface area (Å²) in [5.41, 5.74) is 5.26. The van der Waals surface area contributed by atoms with Crippen LogP contribution in [0.1, 0.15) is 47.4 Å². The molecule has 170 valence electrons. The van der Waals surface area contributed by atoms with E-state index in [1.807, 2.05) is 44.5 Å². The van der Waals surface area contributed by atoms with E-state index in [-0.39, 0.29) is 17.8 Å². The number of carboxylic acids is 1. The summed E-state index contributed by atoms with van der Waals surface area (Å²) in [5.74, 6) is -0.329. The second-order valence-corrected chi connectivity index (χ2v) is 8.41. The fourth-order valence-electron chi connectivity index (χ4n) is 3.99. The zero-order valence-corrected chi connectivity index (χ0v) is 19.2. The number of pyridine rings is 1. The van der Waals surface area contributed by atoms with Gasteiger partial charge in [0.1, 0.15) is 5.82 Å². The van der Waals surface area contributed by atoms with Crippen molar-refractivity contribution in [2.45, 2.75) is 46.3 Å². The number of para-hydroxylation sites is 1. The van der Waals surface area contributed by atoms with E-state index < -0.39 is 5.97 Å². The van der Waals surface area contributed by atoms with E-state index in [2.05, 4.69) is 22.5 Å². The Morgan fingerprint density at radius 2 is 1.94 bits per heavy atom. The first-order chi connectivity index (χ1) is 15.8. The van der Waals surface area contributed by atoms with E-state index in [0.29, 0.717) is 11.5 Å². The summed E-state index contributed by atoms with van der Waals surface area (Å²) in [6.45, 7) is 8.02. The topological polar surface area (TPSA) is 89.3 Å². The summed E-state index contributed by atoms with van der Waals surface area (Å²) < 4.78 is 7.81. The average Bonchev–Trinajstić information content (AvgIpc) is 3.17. The van der Waals surface area contributed by atoms with E-state index in [9.17, 15) is 9.90 Å². The predicted octanol–water partition coefficient (Wildman–Crippen LogP) is 5.46. The standard InChI is InChI=1S/C26H28N4O3/c1-16(2)33-20-9-7-8-19(12-20)23-13-24(28-22-11-6-5-10-21(22)26(31)32)30(29-23)25-17(3)14-27-15-18(25)4/h5-8,10-16,20,28H,9H2,1-4H3,(H,31,32). The van der Waals surface area contributed by atoms with Gasteiger partial charge in [-0.2, -0.15) is 5.10 Å². The number of rotatable bonds is 7. The quantitative estimate of drug-likeness (QED) is 0.503. The van der Waals surface area contributed by atoms with Crippen LogP contribution in [-0.2, 0) is 4.74 Å². The number of hydrogen-bond donors (Lipinski definition) is 2. The highest BCUT2D eigenvalue weighted by Gasteiger charge is 2.20. The number of nitrogens with one attached hydrogen (secondary N) is 1. The molecule has 1 aromatic carbocycles. The van der Waals surface area contributed by atoms with Crippen LogP contribution in [0.3, 0.4) is 0 Å². The number of hydrogen-bond acceptors (Lipinski definition) is 5. The Balaban J connectivity index is 1.82. The third-order valence-corrected chi connectivity index (χ3v) is 5.40. The van der Waals surface area contributed by atoms with Crippen molar-refractivity contribution in [3.05, 3.63) is 83.3 Å². The van der Waals surface area contributed by atoms with Crippen LogP contribution in [0.15, 0.2) is 61.0 Å². The van der Waals surface area contributed by atoms with Crippen LogP contribution in [0.5, 0.6) is 0 Å². The highest BCUT2D eigenvalue weighted by molar-refractivity contribution is 5.95. The first-order valence-corrected chi connectivity index (χ1v) is 11.0.